The first-order chi connectivity index (χ1) is 4.68. The van der Waals surface area contributed by atoms with Gasteiger partial charge in [-0.25, -0.2) is 0 Å². The third-order valence-electron chi connectivity index (χ3n) is 2.29. The number of rotatable bonds is 3. The smallest absolute Gasteiger partial charge is 0.0755 e. The highest BCUT2D eigenvalue weighted by atomic mass is 79.9. The van der Waals surface area contributed by atoms with Crippen LogP contribution in [-0.4, -0.2) is 37.0 Å². The van der Waals surface area contributed by atoms with Crippen LogP contribution in [0.1, 0.15) is 20.8 Å². The number of alkyl halides is 1. The van der Waals surface area contributed by atoms with E-state index in [0.717, 1.165) is 0 Å². The van der Waals surface area contributed by atoms with Crippen molar-refractivity contribution in [2.24, 2.45) is 0 Å². The van der Waals surface area contributed by atoms with Crippen LogP contribution in [0.15, 0.2) is 0 Å². The lowest BCUT2D eigenvalue weighted by Crippen LogP contribution is -2.42. The minimum atomic E-state index is 1.21. The largest absolute Gasteiger partial charge is 0.327 e. The fraction of sp³-hybridized carbons (Fsp3) is 1.00. The van der Waals surface area contributed by atoms with Crippen molar-refractivity contribution in [1.29, 1.82) is 0 Å². The Hall–Kier alpha value is 0.440. The van der Waals surface area contributed by atoms with Gasteiger partial charge in [0.25, 0.3) is 0 Å². The summed E-state index contributed by atoms with van der Waals surface area (Å²) < 4.78 is 1.21. The maximum atomic E-state index is 2.94. The van der Waals surface area contributed by atoms with Gasteiger partial charge in [-0.3, -0.25) is 0 Å². The van der Waals surface area contributed by atoms with E-state index in [9.17, 15) is 0 Å². The van der Waals surface area contributed by atoms with Gasteiger partial charge in [0.2, 0.25) is 0 Å². The van der Waals surface area contributed by atoms with E-state index in [0.29, 0.717) is 0 Å². The van der Waals surface area contributed by atoms with E-state index in [-0.39, 0.29) is 0 Å². The van der Waals surface area contributed by atoms with Gasteiger partial charge in [-0.2, -0.15) is 0 Å². The molecule has 0 aromatic carbocycles. The van der Waals surface area contributed by atoms with Crippen LogP contribution in [0, 0.1) is 0 Å². The molecule has 10 heavy (non-hydrogen) atoms. The highest BCUT2D eigenvalue weighted by molar-refractivity contribution is 9.08. The molecule has 0 fully saturated rings. The lowest BCUT2D eigenvalue weighted by Gasteiger charge is -2.30. The maximum absolute atomic E-state index is 2.94. The number of quaternary nitrogens is 1. The minimum absolute atomic E-state index is 1.21. The lowest BCUT2D eigenvalue weighted by atomic mass is 10.4. The monoisotopic (exact) mass is 210 g/mol. The fourth-order valence-electron chi connectivity index (χ4n) is 0.671. The SMILES string of the molecule is CBr.CC[N+](C)(CC)CC. The number of hydrogen-bond acceptors (Lipinski definition) is 0. The van der Waals surface area contributed by atoms with E-state index < -0.39 is 0 Å². The molecule has 0 aliphatic heterocycles. The maximum Gasteiger partial charge on any atom is 0.0755 e. The Morgan fingerprint density at radius 1 is 0.900 bits per heavy atom. The molecular formula is C8H21BrN+. The molecule has 0 aliphatic rings. The summed E-state index contributed by atoms with van der Waals surface area (Å²) in [6.07, 6.45) is 0. The normalized spacial score (nSPS) is 10.2. The molecule has 0 bridgehead atoms. The van der Waals surface area contributed by atoms with Crippen LogP contribution in [-0.2, 0) is 0 Å². The average molecular weight is 211 g/mol. The molecule has 2 heteroatoms. The van der Waals surface area contributed by atoms with Crippen molar-refractivity contribution in [3.63, 3.8) is 0 Å². The minimum Gasteiger partial charge on any atom is -0.327 e. The molecule has 0 heterocycles. The molecule has 0 unspecified atom stereocenters. The van der Waals surface area contributed by atoms with Crippen molar-refractivity contribution in [2.75, 3.05) is 32.5 Å². The van der Waals surface area contributed by atoms with Crippen molar-refractivity contribution < 1.29 is 4.48 Å². The first-order valence-corrected chi connectivity index (χ1v) is 5.48. The Kier molecular flexibility index (Phi) is 9.86. The van der Waals surface area contributed by atoms with Gasteiger partial charge in [0, 0.05) is 0 Å². The van der Waals surface area contributed by atoms with Crippen LogP contribution in [0.25, 0.3) is 0 Å². The quantitative estimate of drug-likeness (QED) is 0.497. The molecule has 0 atom stereocenters. The summed E-state index contributed by atoms with van der Waals surface area (Å²) in [6.45, 7) is 10.5. The Bertz CT molecular complexity index is 52.0. The van der Waals surface area contributed by atoms with Gasteiger partial charge in [-0.05, 0) is 26.6 Å². The summed E-state index contributed by atoms with van der Waals surface area (Å²) in [7, 11) is 2.29. The molecular weight excluding hydrogens is 190 g/mol. The molecule has 1 nitrogen and oxygen atoms in total. The summed E-state index contributed by atoms with van der Waals surface area (Å²) in [6, 6.07) is 0. The standard InChI is InChI=1S/C7H18N.CH3Br/c1-5-8(4,6-2)7-3;1-2/h5-7H2,1-4H3;1H3/q+1;. The Morgan fingerprint density at radius 3 is 1.10 bits per heavy atom. The fourth-order valence-corrected chi connectivity index (χ4v) is 0.671. The van der Waals surface area contributed by atoms with Gasteiger partial charge in [-0.15, -0.1) is 0 Å². The zero-order valence-corrected chi connectivity index (χ0v) is 9.53. The van der Waals surface area contributed by atoms with Gasteiger partial charge in [-0.1, -0.05) is 15.9 Å². The highest BCUT2D eigenvalue weighted by Gasteiger charge is 2.10. The van der Waals surface area contributed by atoms with E-state index in [1.165, 1.54) is 24.1 Å². The number of hydrogen-bond donors (Lipinski definition) is 0. The van der Waals surface area contributed by atoms with Gasteiger partial charge in [0.1, 0.15) is 0 Å². The molecule has 64 valence electrons. The van der Waals surface area contributed by atoms with E-state index in [1.54, 1.807) is 0 Å². The van der Waals surface area contributed by atoms with Crippen molar-refractivity contribution in [2.45, 2.75) is 20.8 Å². The van der Waals surface area contributed by atoms with Crippen LogP contribution in [0.5, 0.6) is 0 Å². The molecule has 0 N–H and O–H groups in total. The summed E-state index contributed by atoms with van der Waals surface area (Å²) in [5.74, 6) is 1.81. The Morgan fingerprint density at radius 2 is 1.10 bits per heavy atom. The molecule has 0 aromatic rings. The van der Waals surface area contributed by atoms with Crippen molar-refractivity contribution in [3.05, 3.63) is 0 Å². The average Bonchev–Trinajstić information content (AvgIpc) is 2.07. The van der Waals surface area contributed by atoms with Crippen molar-refractivity contribution in [1.82, 2.24) is 0 Å². The summed E-state index contributed by atoms with van der Waals surface area (Å²) >= 11 is 2.94. The van der Waals surface area contributed by atoms with Gasteiger partial charge < -0.3 is 4.48 Å². The molecule has 0 aromatic heterocycles. The van der Waals surface area contributed by atoms with E-state index >= 15 is 0 Å². The lowest BCUT2D eigenvalue weighted by molar-refractivity contribution is -0.904. The predicted molar refractivity (Wildman–Crippen MR) is 52.7 cm³/mol. The van der Waals surface area contributed by atoms with Crippen LogP contribution in [0.4, 0.5) is 0 Å². The number of halogens is 1. The second kappa shape index (κ2) is 7.55. The van der Waals surface area contributed by atoms with Crippen molar-refractivity contribution >= 4 is 15.9 Å². The number of nitrogens with zero attached hydrogens (tertiary/aromatic N) is 1. The molecule has 0 saturated carbocycles. The molecule has 0 amide bonds. The summed E-state index contributed by atoms with van der Waals surface area (Å²) in [4.78, 5) is 0. The topological polar surface area (TPSA) is 0 Å². The molecule has 0 spiro atoms. The first-order valence-electron chi connectivity index (χ1n) is 3.90. The van der Waals surface area contributed by atoms with Crippen LogP contribution in [0.2, 0.25) is 0 Å². The van der Waals surface area contributed by atoms with Crippen LogP contribution < -0.4 is 0 Å². The van der Waals surface area contributed by atoms with Crippen LogP contribution >= 0.6 is 15.9 Å². The summed E-state index contributed by atoms with van der Waals surface area (Å²) in [5, 5.41) is 0. The molecule has 0 rings (SSSR count). The van der Waals surface area contributed by atoms with Gasteiger partial charge in [0.15, 0.2) is 0 Å². The third kappa shape index (κ3) is 5.24. The molecule has 0 saturated heterocycles. The zero-order valence-electron chi connectivity index (χ0n) is 7.95. The zero-order chi connectivity index (χ0) is 8.62. The Labute approximate surface area is 74.1 Å². The Balaban J connectivity index is 0. The first kappa shape index (κ1) is 13.1. The van der Waals surface area contributed by atoms with Gasteiger partial charge >= 0.3 is 0 Å². The molecule has 0 aliphatic carbocycles. The third-order valence-corrected chi connectivity index (χ3v) is 2.29. The van der Waals surface area contributed by atoms with Crippen molar-refractivity contribution in [3.8, 4) is 0 Å². The van der Waals surface area contributed by atoms with E-state index in [2.05, 4.69) is 43.7 Å². The highest BCUT2D eigenvalue weighted by Crippen LogP contribution is 1.97. The predicted octanol–water partition coefficient (Wildman–Crippen LogP) is 2.50. The van der Waals surface area contributed by atoms with E-state index in [1.807, 2.05) is 5.83 Å². The van der Waals surface area contributed by atoms with Gasteiger partial charge in [0.05, 0.1) is 26.7 Å². The van der Waals surface area contributed by atoms with E-state index in [4.69, 9.17) is 0 Å². The second-order valence-electron chi connectivity index (χ2n) is 2.57. The van der Waals surface area contributed by atoms with Crippen LogP contribution in [0.3, 0.4) is 0 Å². The summed E-state index contributed by atoms with van der Waals surface area (Å²) in [5.41, 5.74) is 0. The second-order valence-corrected chi connectivity index (χ2v) is 2.57. The molecule has 0 radical (unpaired) electrons.